The average Bonchev–Trinajstić information content (AvgIpc) is 3.46. The number of fused-ring (bicyclic) bond motifs is 1. The maximum absolute atomic E-state index is 9.48. The summed E-state index contributed by atoms with van der Waals surface area (Å²) >= 11 is 0. The summed E-state index contributed by atoms with van der Waals surface area (Å²) in [4.78, 5) is 8.73. The zero-order valence-electron chi connectivity index (χ0n) is 16.8. The Labute approximate surface area is 170 Å². The lowest BCUT2D eigenvalue weighted by Crippen LogP contribution is -2.24. The molecule has 1 saturated carbocycles. The highest BCUT2D eigenvalue weighted by Gasteiger charge is 2.37. The van der Waals surface area contributed by atoms with Crippen LogP contribution < -0.4 is 0 Å². The molecule has 7 nitrogen and oxygen atoms in total. The van der Waals surface area contributed by atoms with E-state index in [1.165, 1.54) is 24.7 Å². The molecule has 0 spiro atoms. The van der Waals surface area contributed by atoms with E-state index in [0.717, 1.165) is 35.9 Å². The summed E-state index contributed by atoms with van der Waals surface area (Å²) in [6.45, 7) is 6.25. The summed E-state index contributed by atoms with van der Waals surface area (Å²) < 4.78 is 3.58. The fraction of sp³-hybridized carbons (Fsp3) is 0.455. The van der Waals surface area contributed by atoms with Crippen LogP contribution in [0.4, 0.5) is 0 Å². The SMILES string of the molecule is C=C(C)C1(CC(CC#N)n2cc(-c3ncnc4c3ccn4CO)cn2)CCCC1. The van der Waals surface area contributed by atoms with Gasteiger partial charge in [-0.1, -0.05) is 25.0 Å². The number of aromatic nitrogens is 5. The van der Waals surface area contributed by atoms with E-state index < -0.39 is 0 Å². The van der Waals surface area contributed by atoms with E-state index in [2.05, 4.69) is 34.6 Å². The van der Waals surface area contributed by atoms with Gasteiger partial charge in [0.1, 0.15) is 18.7 Å². The van der Waals surface area contributed by atoms with E-state index in [4.69, 9.17) is 0 Å². The zero-order chi connectivity index (χ0) is 20.4. The normalized spacial score (nSPS) is 16.7. The molecule has 1 unspecified atom stereocenters. The molecular formula is C22H26N6O. The molecule has 1 fully saturated rings. The van der Waals surface area contributed by atoms with Crippen LogP contribution >= 0.6 is 0 Å². The van der Waals surface area contributed by atoms with Crippen LogP contribution in [0.1, 0.15) is 51.5 Å². The molecule has 0 saturated heterocycles. The van der Waals surface area contributed by atoms with Gasteiger partial charge in [-0.25, -0.2) is 9.97 Å². The van der Waals surface area contributed by atoms with Gasteiger partial charge < -0.3 is 9.67 Å². The third kappa shape index (κ3) is 3.45. The van der Waals surface area contributed by atoms with Crippen molar-refractivity contribution in [1.82, 2.24) is 24.3 Å². The van der Waals surface area contributed by atoms with Crippen LogP contribution in [-0.2, 0) is 6.73 Å². The van der Waals surface area contributed by atoms with Gasteiger partial charge >= 0.3 is 0 Å². The van der Waals surface area contributed by atoms with Crippen LogP contribution in [0, 0.1) is 16.7 Å². The minimum absolute atomic E-state index is 0.00270. The number of nitriles is 1. The van der Waals surface area contributed by atoms with Gasteiger partial charge in [-0.05, 0) is 37.7 Å². The van der Waals surface area contributed by atoms with Crippen LogP contribution in [0.5, 0.6) is 0 Å². The first-order valence-corrected chi connectivity index (χ1v) is 10.1. The summed E-state index contributed by atoms with van der Waals surface area (Å²) in [5, 5.41) is 24.4. The van der Waals surface area contributed by atoms with Crippen molar-refractivity contribution in [3.8, 4) is 17.3 Å². The summed E-state index contributed by atoms with van der Waals surface area (Å²) in [6.07, 6.45) is 13.1. The van der Waals surface area contributed by atoms with Crippen LogP contribution in [0.3, 0.4) is 0 Å². The van der Waals surface area contributed by atoms with Gasteiger partial charge in [-0.2, -0.15) is 10.4 Å². The maximum Gasteiger partial charge on any atom is 0.145 e. The predicted octanol–water partition coefficient (Wildman–Crippen LogP) is 4.23. The van der Waals surface area contributed by atoms with E-state index in [1.54, 1.807) is 17.0 Å². The molecule has 7 heteroatoms. The molecule has 150 valence electrons. The maximum atomic E-state index is 9.48. The van der Waals surface area contributed by atoms with Crippen molar-refractivity contribution in [2.45, 2.75) is 58.2 Å². The van der Waals surface area contributed by atoms with Crippen molar-refractivity contribution in [3.05, 3.63) is 43.1 Å². The van der Waals surface area contributed by atoms with Gasteiger partial charge in [-0.15, -0.1) is 0 Å². The molecule has 3 aromatic heterocycles. The molecule has 1 aliphatic carbocycles. The van der Waals surface area contributed by atoms with Gasteiger partial charge in [0, 0.05) is 23.3 Å². The Kier molecular flexibility index (Phi) is 5.20. The minimum atomic E-state index is -0.132. The molecule has 0 bridgehead atoms. The molecule has 3 heterocycles. The standard InChI is InChI=1S/C22H26N6O/c1-16(2)22(7-3-4-8-22)11-18(5-9-23)28-13-17(12-26-28)20-19-6-10-27(15-29)21(19)25-14-24-20/h6,10,12-14,18,29H,1,3-5,7-8,11,15H2,2H3. The Morgan fingerprint density at radius 1 is 1.38 bits per heavy atom. The van der Waals surface area contributed by atoms with E-state index in [0.29, 0.717) is 12.1 Å². The summed E-state index contributed by atoms with van der Waals surface area (Å²) in [7, 11) is 0. The molecule has 29 heavy (non-hydrogen) atoms. The summed E-state index contributed by atoms with van der Waals surface area (Å²) in [6, 6.07) is 4.24. The van der Waals surface area contributed by atoms with Crippen molar-refractivity contribution < 1.29 is 5.11 Å². The molecule has 1 aliphatic rings. The molecular weight excluding hydrogens is 364 g/mol. The van der Waals surface area contributed by atoms with Crippen LogP contribution in [0.2, 0.25) is 0 Å². The fourth-order valence-corrected chi connectivity index (χ4v) is 4.68. The Morgan fingerprint density at radius 2 is 2.17 bits per heavy atom. The van der Waals surface area contributed by atoms with Crippen LogP contribution in [0.25, 0.3) is 22.3 Å². The third-order valence-corrected chi connectivity index (χ3v) is 6.38. The third-order valence-electron chi connectivity index (χ3n) is 6.38. The first kappa shape index (κ1) is 19.3. The Bertz CT molecular complexity index is 1070. The first-order valence-electron chi connectivity index (χ1n) is 10.1. The highest BCUT2D eigenvalue weighted by atomic mass is 16.3. The number of rotatable bonds is 7. The summed E-state index contributed by atoms with van der Waals surface area (Å²) in [5.74, 6) is 0. The lowest BCUT2D eigenvalue weighted by molar-refractivity contribution is 0.215. The highest BCUT2D eigenvalue weighted by molar-refractivity contribution is 5.90. The van der Waals surface area contributed by atoms with Crippen LogP contribution in [0.15, 0.2) is 43.1 Å². The molecule has 0 aliphatic heterocycles. The van der Waals surface area contributed by atoms with Gasteiger partial charge in [0.15, 0.2) is 0 Å². The molecule has 0 radical (unpaired) electrons. The van der Waals surface area contributed by atoms with Gasteiger partial charge in [0.05, 0.1) is 30.4 Å². The second-order valence-corrected chi connectivity index (χ2v) is 8.08. The molecule has 0 aromatic carbocycles. The van der Waals surface area contributed by atoms with Gasteiger partial charge in [-0.3, -0.25) is 4.68 Å². The Balaban J connectivity index is 1.67. The fourth-order valence-electron chi connectivity index (χ4n) is 4.68. The predicted molar refractivity (Wildman–Crippen MR) is 111 cm³/mol. The number of hydrogen-bond acceptors (Lipinski definition) is 5. The lowest BCUT2D eigenvalue weighted by Gasteiger charge is -2.33. The van der Waals surface area contributed by atoms with Crippen molar-refractivity contribution in [2.75, 3.05) is 0 Å². The van der Waals surface area contributed by atoms with E-state index >= 15 is 0 Å². The highest BCUT2D eigenvalue weighted by Crippen LogP contribution is 2.49. The van der Waals surface area contributed by atoms with Gasteiger partial charge in [0.2, 0.25) is 0 Å². The molecule has 3 aromatic rings. The van der Waals surface area contributed by atoms with E-state index in [1.807, 2.05) is 16.9 Å². The Hall–Kier alpha value is -2.98. The van der Waals surface area contributed by atoms with E-state index in [-0.39, 0.29) is 18.2 Å². The number of allylic oxidation sites excluding steroid dienone is 1. The van der Waals surface area contributed by atoms with Crippen molar-refractivity contribution in [3.63, 3.8) is 0 Å². The lowest BCUT2D eigenvalue weighted by atomic mass is 9.74. The largest absolute Gasteiger partial charge is 0.376 e. The van der Waals surface area contributed by atoms with Crippen molar-refractivity contribution in [2.24, 2.45) is 5.41 Å². The van der Waals surface area contributed by atoms with Crippen LogP contribution in [-0.4, -0.2) is 29.4 Å². The number of hydrogen-bond donors (Lipinski definition) is 1. The van der Waals surface area contributed by atoms with Crippen molar-refractivity contribution >= 4 is 11.0 Å². The van der Waals surface area contributed by atoms with Gasteiger partial charge in [0.25, 0.3) is 0 Å². The molecule has 4 rings (SSSR count). The molecule has 0 amide bonds. The summed E-state index contributed by atoms with van der Waals surface area (Å²) in [5.41, 5.74) is 3.67. The smallest absolute Gasteiger partial charge is 0.145 e. The molecule has 1 atom stereocenters. The molecule has 1 N–H and O–H groups in total. The quantitative estimate of drug-likeness (QED) is 0.610. The second-order valence-electron chi connectivity index (χ2n) is 8.08. The topological polar surface area (TPSA) is 92.5 Å². The number of aliphatic hydroxyl groups is 1. The Morgan fingerprint density at radius 3 is 2.86 bits per heavy atom. The number of aliphatic hydroxyl groups excluding tert-OH is 1. The minimum Gasteiger partial charge on any atom is -0.376 e. The average molecular weight is 390 g/mol. The second kappa shape index (κ2) is 7.80. The first-order chi connectivity index (χ1) is 14.1. The zero-order valence-corrected chi connectivity index (χ0v) is 16.8. The van der Waals surface area contributed by atoms with Crippen molar-refractivity contribution in [1.29, 1.82) is 5.26 Å². The number of nitrogens with zero attached hydrogens (tertiary/aromatic N) is 6. The monoisotopic (exact) mass is 390 g/mol. The van der Waals surface area contributed by atoms with E-state index in [9.17, 15) is 10.4 Å².